The first kappa shape index (κ1) is 18.7. The number of H-pyrrole nitrogens is 1. The van der Waals surface area contributed by atoms with Gasteiger partial charge in [-0.15, -0.1) is 0 Å². The van der Waals surface area contributed by atoms with E-state index in [1.165, 1.54) is 4.90 Å². The molecule has 0 amide bonds. The van der Waals surface area contributed by atoms with Gasteiger partial charge in [0.15, 0.2) is 5.82 Å². The third-order valence-corrected chi connectivity index (χ3v) is 5.72. The highest BCUT2D eigenvalue weighted by Gasteiger charge is 2.29. The number of aromatic nitrogens is 2. The fourth-order valence-electron chi connectivity index (χ4n) is 3.94. The predicted octanol–water partition coefficient (Wildman–Crippen LogP) is -0.153. The van der Waals surface area contributed by atoms with Gasteiger partial charge in [-0.25, -0.2) is 4.98 Å². The molecule has 0 spiro atoms. The molecule has 4 rings (SSSR count). The van der Waals surface area contributed by atoms with Crippen molar-refractivity contribution in [2.24, 2.45) is 0 Å². The molecule has 0 unspecified atom stereocenters. The number of ether oxygens (including phenoxy) is 1. The molecule has 0 radical (unpaired) electrons. The minimum atomic E-state index is -0.0471. The smallest absolute Gasteiger partial charge is 0.258 e. The number of nitrogens with zero attached hydrogens (tertiary/aromatic N) is 1. The minimum absolute atomic E-state index is 0.0471. The molecule has 0 aliphatic carbocycles. The van der Waals surface area contributed by atoms with Gasteiger partial charge in [0.1, 0.15) is 51.1 Å². The van der Waals surface area contributed by atoms with Gasteiger partial charge in [-0.1, -0.05) is 30.3 Å². The van der Waals surface area contributed by atoms with Gasteiger partial charge in [0.2, 0.25) is 0 Å². The molecule has 1 atom stereocenters. The van der Waals surface area contributed by atoms with E-state index in [0.29, 0.717) is 5.39 Å². The van der Waals surface area contributed by atoms with E-state index in [2.05, 4.69) is 11.9 Å². The number of benzene rings is 2. The Morgan fingerprint density at radius 2 is 1.75 bits per heavy atom. The van der Waals surface area contributed by atoms with Gasteiger partial charge in [0, 0.05) is 0 Å². The molecular weight excluding hydrogens is 352 g/mol. The van der Waals surface area contributed by atoms with Gasteiger partial charge in [0.25, 0.3) is 5.56 Å². The van der Waals surface area contributed by atoms with Crippen molar-refractivity contribution in [3.63, 3.8) is 0 Å². The zero-order valence-corrected chi connectivity index (χ0v) is 16.3. The number of nitrogens with one attached hydrogen (secondary N) is 3. The largest absolute Gasteiger partial charge is 0.488 e. The van der Waals surface area contributed by atoms with Gasteiger partial charge < -0.3 is 19.5 Å². The van der Waals surface area contributed by atoms with Crippen molar-refractivity contribution in [2.75, 3.05) is 39.3 Å². The number of fused-ring (bicyclic) bond motifs is 1. The summed E-state index contributed by atoms with van der Waals surface area (Å²) in [6.07, 6.45) is 0. The maximum absolute atomic E-state index is 12.4. The highest BCUT2D eigenvalue weighted by molar-refractivity contribution is 5.77. The zero-order chi connectivity index (χ0) is 19.3. The molecule has 2 aromatic carbocycles. The van der Waals surface area contributed by atoms with Crippen LogP contribution in [0.3, 0.4) is 0 Å². The highest BCUT2D eigenvalue weighted by atomic mass is 16.5. The first-order valence-corrected chi connectivity index (χ1v) is 10.1. The van der Waals surface area contributed by atoms with Crippen molar-refractivity contribution in [2.45, 2.75) is 13.0 Å². The summed E-state index contributed by atoms with van der Waals surface area (Å²) in [5, 5.41) is 0.654. The van der Waals surface area contributed by atoms with Crippen molar-refractivity contribution in [1.82, 2.24) is 9.97 Å². The maximum atomic E-state index is 12.4. The summed E-state index contributed by atoms with van der Waals surface area (Å²) >= 11 is 0. The van der Waals surface area contributed by atoms with E-state index < -0.39 is 0 Å². The van der Waals surface area contributed by atoms with Gasteiger partial charge >= 0.3 is 0 Å². The second kappa shape index (κ2) is 8.54. The SMILES string of the molecule is C[C@@H](c1nc2ccccc2c(=O)[nH]1)[NH+]1CC[NH+](CCOc2ccccc2)CC1. The van der Waals surface area contributed by atoms with Crippen molar-refractivity contribution in [3.05, 3.63) is 70.8 Å². The summed E-state index contributed by atoms with van der Waals surface area (Å²) in [7, 11) is 0. The quantitative estimate of drug-likeness (QED) is 0.557. The van der Waals surface area contributed by atoms with E-state index in [0.717, 1.165) is 56.4 Å². The molecule has 2 heterocycles. The van der Waals surface area contributed by atoms with Crippen LogP contribution in [0.15, 0.2) is 59.4 Å². The van der Waals surface area contributed by atoms with E-state index >= 15 is 0 Å². The van der Waals surface area contributed by atoms with Gasteiger partial charge in [0.05, 0.1) is 10.9 Å². The van der Waals surface area contributed by atoms with Gasteiger partial charge in [-0.2, -0.15) is 0 Å². The van der Waals surface area contributed by atoms with E-state index in [1.54, 1.807) is 4.90 Å². The standard InChI is InChI=1S/C22H26N4O2/c1-17(21-23-20-10-6-5-9-19(20)22(27)24-21)26-13-11-25(12-14-26)15-16-28-18-7-3-2-4-8-18/h2-10,17H,11-16H2,1H3,(H,23,24,27)/p+2/t17-/m0/s1. The second-order valence-corrected chi connectivity index (χ2v) is 7.51. The molecule has 0 bridgehead atoms. The fraction of sp³-hybridized carbons (Fsp3) is 0.364. The predicted molar refractivity (Wildman–Crippen MR) is 109 cm³/mol. The Balaban J connectivity index is 1.31. The number of piperazine rings is 1. The van der Waals surface area contributed by atoms with Crippen LogP contribution in [0.4, 0.5) is 0 Å². The zero-order valence-electron chi connectivity index (χ0n) is 16.3. The summed E-state index contributed by atoms with van der Waals surface area (Å²) in [5.41, 5.74) is 0.726. The van der Waals surface area contributed by atoms with Crippen LogP contribution in [0.2, 0.25) is 0 Å². The van der Waals surface area contributed by atoms with Crippen LogP contribution >= 0.6 is 0 Å². The van der Waals surface area contributed by atoms with Crippen LogP contribution in [0, 0.1) is 0 Å². The third kappa shape index (κ3) is 4.24. The molecule has 6 heteroatoms. The summed E-state index contributed by atoms with van der Waals surface area (Å²) in [6, 6.07) is 17.7. The Hall–Kier alpha value is -2.70. The van der Waals surface area contributed by atoms with Crippen molar-refractivity contribution < 1.29 is 14.5 Å². The number of aromatic amines is 1. The van der Waals surface area contributed by atoms with Crippen molar-refractivity contribution in [1.29, 1.82) is 0 Å². The first-order chi connectivity index (χ1) is 13.7. The Bertz CT molecular complexity index is 965. The van der Waals surface area contributed by atoms with Crippen LogP contribution in [0.25, 0.3) is 10.9 Å². The molecule has 1 aliphatic rings. The van der Waals surface area contributed by atoms with Gasteiger partial charge in [-0.05, 0) is 31.2 Å². The topological polar surface area (TPSA) is 63.9 Å². The number of para-hydroxylation sites is 2. The van der Waals surface area contributed by atoms with Crippen LogP contribution < -0.4 is 20.1 Å². The second-order valence-electron chi connectivity index (χ2n) is 7.51. The molecule has 1 saturated heterocycles. The number of hydrogen-bond acceptors (Lipinski definition) is 3. The lowest BCUT2D eigenvalue weighted by Gasteiger charge is -2.32. The maximum Gasteiger partial charge on any atom is 0.258 e. The van der Waals surface area contributed by atoms with E-state index in [4.69, 9.17) is 9.72 Å². The monoisotopic (exact) mass is 380 g/mol. The first-order valence-electron chi connectivity index (χ1n) is 10.1. The Morgan fingerprint density at radius 1 is 1.04 bits per heavy atom. The Labute approximate surface area is 164 Å². The highest BCUT2D eigenvalue weighted by Crippen LogP contribution is 2.09. The molecule has 3 aromatic rings. The molecule has 146 valence electrons. The molecule has 6 nitrogen and oxygen atoms in total. The van der Waals surface area contributed by atoms with E-state index in [9.17, 15) is 4.79 Å². The molecule has 1 fully saturated rings. The number of hydrogen-bond donors (Lipinski definition) is 3. The van der Waals surface area contributed by atoms with Crippen LogP contribution in [0.5, 0.6) is 5.75 Å². The normalized spacial score (nSPS) is 20.8. The summed E-state index contributed by atoms with van der Waals surface area (Å²) in [4.78, 5) is 23.1. The summed E-state index contributed by atoms with van der Waals surface area (Å²) in [6.45, 7) is 8.26. The summed E-state index contributed by atoms with van der Waals surface area (Å²) < 4.78 is 5.83. The summed E-state index contributed by atoms with van der Waals surface area (Å²) in [5.74, 6) is 1.72. The van der Waals surface area contributed by atoms with Gasteiger partial charge in [-0.3, -0.25) is 4.79 Å². The number of rotatable bonds is 6. The van der Waals surface area contributed by atoms with Crippen molar-refractivity contribution in [3.8, 4) is 5.75 Å². The number of quaternary nitrogens is 2. The fourth-order valence-corrected chi connectivity index (χ4v) is 3.94. The average molecular weight is 380 g/mol. The van der Waals surface area contributed by atoms with Crippen LogP contribution in [-0.4, -0.2) is 49.3 Å². The molecule has 1 aliphatic heterocycles. The average Bonchev–Trinajstić information content (AvgIpc) is 2.74. The Kier molecular flexibility index (Phi) is 5.69. The van der Waals surface area contributed by atoms with Crippen molar-refractivity contribution >= 4 is 10.9 Å². The lowest BCUT2D eigenvalue weighted by atomic mass is 10.2. The lowest BCUT2D eigenvalue weighted by Crippen LogP contribution is -3.28. The van der Waals surface area contributed by atoms with E-state index in [-0.39, 0.29) is 11.6 Å². The molecule has 3 N–H and O–H groups in total. The lowest BCUT2D eigenvalue weighted by molar-refractivity contribution is -1.03. The van der Waals surface area contributed by atoms with Crippen LogP contribution in [-0.2, 0) is 0 Å². The third-order valence-electron chi connectivity index (χ3n) is 5.72. The van der Waals surface area contributed by atoms with Crippen LogP contribution in [0.1, 0.15) is 18.8 Å². The Morgan fingerprint density at radius 3 is 2.54 bits per heavy atom. The molecular formula is C22H28N4O2+2. The molecule has 1 aromatic heterocycles. The minimum Gasteiger partial charge on any atom is -0.488 e. The van der Waals surface area contributed by atoms with E-state index in [1.807, 2.05) is 54.6 Å². The molecule has 28 heavy (non-hydrogen) atoms. The molecule has 0 saturated carbocycles.